The number of hydrogen-bond acceptors (Lipinski definition) is 4. The topological polar surface area (TPSA) is 44.9 Å². The van der Waals surface area contributed by atoms with Crippen LogP contribution in [0, 0.1) is 0 Å². The average Bonchev–Trinajstić information content (AvgIpc) is 3.36. The van der Waals surface area contributed by atoms with Gasteiger partial charge in [-0.3, -0.25) is 4.57 Å². The van der Waals surface area contributed by atoms with Gasteiger partial charge >= 0.3 is 0 Å². The number of imidazole rings is 1. The van der Waals surface area contributed by atoms with Gasteiger partial charge in [0.15, 0.2) is 5.16 Å². The Morgan fingerprint density at radius 3 is 2.58 bits per heavy atom. The summed E-state index contributed by atoms with van der Waals surface area (Å²) in [7, 11) is 1.67. The molecule has 2 aromatic carbocycles. The van der Waals surface area contributed by atoms with E-state index < -0.39 is 0 Å². The molecule has 0 N–H and O–H groups in total. The standard InChI is InChI=1S/C20H18N4OS/c1-25-19-9-7-17(8-10-19)23-12-11-21-20(23)26-15-16-13-22-24(14-16)18-5-3-2-4-6-18/h2-14H,15H2,1H3. The summed E-state index contributed by atoms with van der Waals surface area (Å²) < 4.78 is 9.19. The Balaban J connectivity index is 1.47. The van der Waals surface area contributed by atoms with Crippen LogP contribution in [0.1, 0.15) is 5.56 Å². The Bertz CT molecular complexity index is 976. The third kappa shape index (κ3) is 3.50. The minimum absolute atomic E-state index is 0.806. The number of rotatable bonds is 6. The van der Waals surface area contributed by atoms with Gasteiger partial charge in [-0.2, -0.15) is 5.10 Å². The zero-order valence-corrected chi connectivity index (χ0v) is 15.1. The smallest absolute Gasteiger partial charge is 0.172 e. The summed E-state index contributed by atoms with van der Waals surface area (Å²) in [4.78, 5) is 4.48. The zero-order valence-electron chi connectivity index (χ0n) is 14.3. The summed E-state index contributed by atoms with van der Waals surface area (Å²) >= 11 is 1.69. The Hall–Kier alpha value is -2.99. The van der Waals surface area contributed by atoms with Crippen LogP contribution in [-0.2, 0) is 5.75 Å². The lowest BCUT2D eigenvalue weighted by molar-refractivity contribution is 0.414. The lowest BCUT2D eigenvalue weighted by atomic mass is 10.3. The molecule has 4 rings (SSSR count). The number of nitrogens with zero attached hydrogens (tertiary/aromatic N) is 4. The van der Waals surface area contributed by atoms with Gasteiger partial charge in [-0.05, 0) is 36.4 Å². The van der Waals surface area contributed by atoms with Crippen molar-refractivity contribution in [2.24, 2.45) is 0 Å². The van der Waals surface area contributed by atoms with Gasteiger partial charge in [0.2, 0.25) is 0 Å². The van der Waals surface area contributed by atoms with Gasteiger partial charge < -0.3 is 4.74 Å². The van der Waals surface area contributed by atoms with Crippen LogP contribution in [0.15, 0.2) is 84.5 Å². The van der Waals surface area contributed by atoms with Crippen LogP contribution in [-0.4, -0.2) is 26.4 Å². The van der Waals surface area contributed by atoms with E-state index in [1.54, 1.807) is 18.9 Å². The van der Waals surface area contributed by atoms with E-state index in [-0.39, 0.29) is 0 Å². The molecule has 4 aromatic rings. The Morgan fingerprint density at radius 1 is 1.00 bits per heavy atom. The van der Waals surface area contributed by atoms with Crippen LogP contribution in [0.5, 0.6) is 5.75 Å². The highest BCUT2D eigenvalue weighted by Gasteiger charge is 2.08. The van der Waals surface area contributed by atoms with E-state index in [2.05, 4.69) is 20.8 Å². The molecular weight excluding hydrogens is 344 g/mol. The summed E-state index contributed by atoms with van der Waals surface area (Å²) in [5, 5.41) is 5.40. The summed E-state index contributed by atoms with van der Waals surface area (Å²) in [6.45, 7) is 0. The van der Waals surface area contributed by atoms with Gasteiger partial charge in [0.05, 0.1) is 19.0 Å². The first-order valence-corrected chi connectivity index (χ1v) is 9.21. The molecule has 0 fully saturated rings. The van der Waals surface area contributed by atoms with E-state index in [1.807, 2.05) is 77.9 Å². The fourth-order valence-corrected chi connectivity index (χ4v) is 3.53. The van der Waals surface area contributed by atoms with Crippen LogP contribution in [0.4, 0.5) is 0 Å². The maximum Gasteiger partial charge on any atom is 0.172 e. The molecule has 0 atom stereocenters. The third-order valence-electron chi connectivity index (χ3n) is 3.98. The zero-order chi connectivity index (χ0) is 17.8. The molecule has 0 aliphatic carbocycles. The highest BCUT2D eigenvalue weighted by atomic mass is 32.2. The minimum atomic E-state index is 0.806. The highest BCUT2D eigenvalue weighted by Crippen LogP contribution is 2.25. The van der Waals surface area contributed by atoms with Gasteiger partial charge in [0, 0.05) is 35.6 Å². The van der Waals surface area contributed by atoms with Crippen LogP contribution in [0.2, 0.25) is 0 Å². The lowest BCUT2D eigenvalue weighted by Gasteiger charge is -2.08. The molecule has 0 saturated heterocycles. The summed E-state index contributed by atoms with van der Waals surface area (Å²) in [6, 6.07) is 18.1. The van der Waals surface area contributed by atoms with Crippen molar-refractivity contribution < 1.29 is 4.74 Å². The van der Waals surface area contributed by atoms with Crippen molar-refractivity contribution in [1.29, 1.82) is 0 Å². The van der Waals surface area contributed by atoms with E-state index in [9.17, 15) is 0 Å². The van der Waals surface area contributed by atoms with Crippen molar-refractivity contribution in [3.63, 3.8) is 0 Å². The van der Waals surface area contributed by atoms with E-state index in [1.165, 1.54) is 0 Å². The SMILES string of the molecule is COc1ccc(-n2ccnc2SCc2cnn(-c3ccccc3)c2)cc1. The first-order chi connectivity index (χ1) is 12.8. The van der Waals surface area contributed by atoms with Gasteiger partial charge in [-0.25, -0.2) is 9.67 Å². The second-order valence-electron chi connectivity index (χ2n) is 5.70. The number of thioether (sulfide) groups is 1. The predicted octanol–water partition coefficient (Wildman–Crippen LogP) is 4.36. The lowest BCUT2D eigenvalue weighted by Crippen LogP contribution is -1.95. The van der Waals surface area contributed by atoms with E-state index in [0.29, 0.717) is 0 Å². The molecule has 0 bridgehead atoms. The van der Waals surface area contributed by atoms with Crippen LogP contribution < -0.4 is 4.74 Å². The van der Waals surface area contributed by atoms with Crippen molar-refractivity contribution >= 4 is 11.8 Å². The normalized spacial score (nSPS) is 10.8. The van der Waals surface area contributed by atoms with Crippen molar-refractivity contribution in [3.8, 4) is 17.1 Å². The van der Waals surface area contributed by atoms with Crippen molar-refractivity contribution in [2.45, 2.75) is 10.9 Å². The maximum absolute atomic E-state index is 5.22. The molecule has 6 heteroatoms. The van der Waals surface area contributed by atoms with Crippen molar-refractivity contribution in [2.75, 3.05) is 7.11 Å². The number of benzene rings is 2. The number of ether oxygens (including phenoxy) is 1. The third-order valence-corrected chi connectivity index (χ3v) is 5.02. The molecule has 0 aliphatic heterocycles. The molecule has 0 unspecified atom stereocenters. The maximum atomic E-state index is 5.22. The fourth-order valence-electron chi connectivity index (χ4n) is 2.64. The second kappa shape index (κ2) is 7.49. The molecule has 2 heterocycles. The van der Waals surface area contributed by atoms with Gasteiger partial charge in [0.25, 0.3) is 0 Å². The first kappa shape index (κ1) is 16.5. The molecule has 0 saturated carbocycles. The van der Waals surface area contributed by atoms with Gasteiger partial charge in [-0.15, -0.1) is 0 Å². The molecule has 0 amide bonds. The predicted molar refractivity (Wildman–Crippen MR) is 103 cm³/mol. The summed E-state index contributed by atoms with van der Waals surface area (Å²) in [6.07, 6.45) is 7.75. The molecule has 26 heavy (non-hydrogen) atoms. The Morgan fingerprint density at radius 2 is 1.81 bits per heavy atom. The Labute approximate surface area is 156 Å². The van der Waals surface area contributed by atoms with Crippen molar-refractivity contribution in [3.05, 3.63) is 84.9 Å². The molecular formula is C20H18N4OS. The first-order valence-electron chi connectivity index (χ1n) is 8.23. The largest absolute Gasteiger partial charge is 0.497 e. The monoisotopic (exact) mass is 362 g/mol. The molecule has 0 aliphatic rings. The van der Waals surface area contributed by atoms with Gasteiger partial charge in [-0.1, -0.05) is 30.0 Å². The summed E-state index contributed by atoms with van der Waals surface area (Å²) in [5.74, 6) is 1.65. The second-order valence-corrected chi connectivity index (χ2v) is 6.64. The Kier molecular flexibility index (Phi) is 4.75. The minimum Gasteiger partial charge on any atom is -0.497 e. The molecule has 130 valence electrons. The number of aromatic nitrogens is 4. The molecule has 0 spiro atoms. The van der Waals surface area contributed by atoms with E-state index >= 15 is 0 Å². The quantitative estimate of drug-likeness (QED) is 0.478. The average molecular weight is 362 g/mol. The van der Waals surface area contributed by atoms with E-state index in [4.69, 9.17) is 4.74 Å². The number of methoxy groups -OCH3 is 1. The molecule has 5 nitrogen and oxygen atoms in total. The number of hydrogen-bond donors (Lipinski definition) is 0. The van der Waals surface area contributed by atoms with Crippen LogP contribution in [0.3, 0.4) is 0 Å². The number of para-hydroxylation sites is 1. The van der Waals surface area contributed by atoms with Crippen LogP contribution >= 0.6 is 11.8 Å². The highest BCUT2D eigenvalue weighted by molar-refractivity contribution is 7.98. The van der Waals surface area contributed by atoms with Crippen molar-refractivity contribution in [1.82, 2.24) is 19.3 Å². The molecule has 0 radical (unpaired) electrons. The molecule has 2 aromatic heterocycles. The van der Waals surface area contributed by atoms with E-state index in [0.717, 1.165) is 33.6 Å². The summed E-state index contributed by atoms with van der Waals surface area (Å²) in [5.41, 5.74) is 3.28. The van der Waals surface area contributed by atoms with Crippen LogP contribution in [0.25, 0.3) is 11.4 Å². The fraction of sp³-hybridized carbons (Fsp3) is 0.100. The van der Waals surface area contributed by atoms with Gasteiger partial charge in [0.1, 0.15) is 5.75 Å².